The normalized spacial score (nSPS) is 10.4. The van der Waals surface area contributed by atoms with E-state index in [-0.39, 0.29) is 0 Å². The van der Waals surface area contributed by atoms with Crippen molar-refractivity contribution in [2.24, 2.45) is 0 Å². The van der Waals surface area contributed by atoms with Gasteiger partial charge in [0.15, 0.2) is 0 Å². The fourth-order valence-electron chi connectivity index (χ4n) is 1.78. The van der Waals surface area contributed by atoms with E-state index in [9.17, 15) is 5.26 Å². The van der Waals surface area contributed by atoms with Crippen LogP contribution < -0.4 is 0 Å². The standard InChI is InChI=1S/C13H9Cl2NS2/c1-7-12(10(6-16)13(17-2)18-7)9-4-3-8(14)5-11(9)15/h3-5H,1-2H3. The van der Waals surface area contributed by atoms with E-state index in [4.69, 9.17) is 23.2 Å². The van der Waals surface area contributed by atoms with Gasteiger partial charge in [0.25, 0.3) is 0 Å². The van der Waals surface area contributed by atoms with Gasteiger partial charge in [-0.3, -0.25) is 0 Å². The first-order valence-electron chi connectivity index (χ1n) is 5.11. The number of nitrogens with zero attached hydrogens (tertiary/aromatic N) is 1. The zero-order valence-corrected chi connectivity index (χ0v) is 12.9. The van der Waals surface area contributed by atoms with Crippen LogP contribution in [0.1, 0.15) is 10.4 Å². The van der Waals surface area contributed by atoms with Crippen molar-refractivity contribution in [3.8, 4) is 17.2 Å². The number of hydrogen-bond acceptors (Lipinski definition) is 3. The van der Waals surface area contributed by atoms with Crippen LogP contribution in [0.4, 0.5) is 0 Å². The van der Waals surface area contributed by atoms with E-state index < -0.39 is 0 Å². The first kappa shape index (κ1) is 13.8. The van der Waals surface area contributed by atoms with Gasteiger partial charge in [-0.1, -0.05) is 29.3 Å². The molecule has 0 saturated heterocycles. The van der Waals surface area contributed by atoms with Crippen LogP contribution in [0.3, 0.4) is 0 Å². The summed E-state index contributed by atoms with van der Waals surface area (Å²) < 4.78 is 1.02. The third kappa shape index (κ3) is 2.39. The summed E-state index contributed by atoms with van der Waals surface area (Å²) in [6, 6.07) is 7.64. The number of halogens is 2. The SMILES string of the molecule is CSc1sc(C)c(-c2ccc(Cl)cc2Cl)c1C#N. The Morgan fingerprint density at radius 1 is 1.33 bits per heavy atom. The monoisotopic (exact) mass is 313 g/mol. The zero-order valence-electron chi connectivity index (χ0n) is 9.75. The molecule has 1 aromatic heterocycles. The molecule has 1 aromatic carbocycles. The minimum absolute atomic E-state index is 0.576. The number of thioether (sulfide) groups is 1. The smallest absolute Gasteiger partial charge is 0.102 e. The van der Waals surface area contributed by atoms with Crippen LogP contribution in [0, 0.1) is 18.3 Å². The van der Waals surface area contributed by atoms with Crippen LogP contribution in [0.25, 0.3) is 11.1 Å². The summed E-state index contributed by atoms with van der Waals surface area (Å²) in [5, 5.41) is 10.5. The van der Waals surface area contributed by atoms with Crippen molar-refractivity contribution < 1.29 is 0 Å². The van der Waals surface area contributed by atoms with E-state index in [2.05, 4.69) is 6.07 Å². The minimum Gasteiger partial charge on any atom is -0.192 e. The zero-order chi connectivity index (χ0) is 13.3. The molecule has 5 heteroatoms. The van der Waals surface area contributed by atoms with Gasteiger partial charge in [-0.2, -0.15) is 5.26 Å². The van der Waals surface area contributed by atoms with Gasteiger partial charge in [0, 0.05) is 26.0 Å². The molecule has 18 heavy (non-hydrogen) atoms. The fourth-order valence-corrected chi connectivity index (χ4v) is 4.19. The van der Waals surface area contributed by atoms with Gasteiger partial charge in [0.2, 0.25) is 0 Å². The Kier molecular flexibility index (Phi) is 4.24. The van der Waals surface area contributed by atoms with Crippen LogP contribution in [0.5, 0.6) is 0 Å². The second-order valence-corrected chi connectivity index (χ2v) is 6.78. The Balaban J connectivity index is 2.71. The van der Waals surface area contributed by atoms with E-state index in [1.54, 1.807) is 35.2 Å². The van der Waals surface area contributed by atoms with E-state index in [1.807, 2.05) is 19.2 Å². The highest BCUT2D eigenvalue weighted by atomic mass is 35.5. The Morgan fingerprint density at radius 2 is 2.06 bits per heavy atom. The first-order chi connectivity index (χ1) is 8.58. The Hall–Kier alpha value is -0.660. The van der Waals surface area contributed by atoms with Gasteiger partial charge in [0.1, 0.15) is 6.07 Å². The van der Waals surface area contributed by atoms with Gasteiger partial charge in [0.05, 0.1) is 9.77 Å². The molecule has 92 valence electrons. The Labute approximate surface area is 124 Å². The maximum absolute atomic E-state index is 9.32. The third-order valence-corrected chi connectivity index (χ3v) is 5.32. The lowest BCUT2D eigenvalue weighted by Crippen LogP contribution is -1.84. The van der Waals surface area contributed by atoms with Gasteiger partial charge < -0.3 is 0 Å². The molecular formula is C13H9Cl2NS2. The number of thiophene rings is 1. The van der Waals surface area contributed by atoms with Gasteiger partial charge >= 0.3 is 0 Å². The average molecular weight is 314 g/mol. The molecule has 0 saturated carbocycles. The summed E-state index contributed by atoms with van der Waals surface area (Å²) in [5.41, 5.74) is 2.49. The molecule has 0 bridgehead atoms. The van der Waals surface area contributed by atoms with Gasteiger partial charge in [-0.15, -0.1) is 23.1 Å². The summed E-state index contributed by atoms with van der Waals surface area (Å²) in [6.45, 7) is 2.01. The van der Waals surface area contributed by atoms with E-state index in [0.717, 1.165) is 20.2 Å². The predicted molar refractivity (Wildman–Crippen MR) is 81.0 cm³/mol. The highest BCUT2D eigenvalue weighted by Crippen LogP contribution is 2.42. The van der Waals surface area contributed by atoms with Crippen LogP contribution >= 0.6 is 46.3 Å². The molecule has 0 amide bonds. The summed E-state index contributed by atoms with van der Waals surface area (Å²) >= 11 is 15.3. The third-order valence-electron chi connectivity index (χ3n) is 2.55. The van der Waals surface area contributed by atoms with Gasteiger partial charge in [-0.05, 0) is 25.3 Å². The summed E-state index contributed by atoms with van der Waals surface area (Å²) in [5.74, 6) is 0. The van der Waals surface area contributed by atoms with Crippen molar-refractivity contribution in [3.05, 3.63) is 38.7 Å². The predicted octanol–water partition coefficient (Wildman–Crippen LogP) is 5.62. The van der Waals surface area contributed by atoms with Gasteiger partial charge in [-0.25, -0.2) is 0 Å². The van der Waals surface area contributed by atoms with Crippen molar-refractivity contribution in [2.45, 2.75) is 11.1 Å². The van der Waals surface area contributed by atoms with E-state index in [0.29, 0.717) is 15.6 Å². The van der Waals surface area contributed by atoms with Crippen molar-refractivity contribution in [1.82, 2.24) is 0 Å². The molecule has 0 fully saturated rings. The summed E-state index contributed by atoms with van der Waals surface area (Å²) in [4.78, 5) is 1.10. The summed E-state index contributed by atoms with van der Waals surface area (Å²) in [6.07, 6.45) is 1.97. The van der Waals surface area contributed by atoms with E-state index >= 15 is 0 Å². The largest absolute Gasteiger partial charge is 0.192 e. The number of hydrogen-bond donors (Lipinski definition) is 0. The van der Waals surface area contributed by atoms with Crippen LogP contribution in [0.2, 0.25) is 10.0 Å². The number of benzene rings is 1. The maximum atomic E-state index is 9.32. The number of nitriles is 1. The average Bonchev–Trinajstić information content (AvgIpc) is 2.65. The highest BCUT2D eigenvalue weighted by Gasteiger charge is 2.18. The Bertz CT molecular complexity index is 641. The van der Waals surface area contributed by atoms with Crippen LogP contribution in [-0.4, -0.2) is 6.26 Å². The molecule has 0 aliphatic heterocycles. The first-order valence-corrected chi connectivity index (χ1v) is 7.91. The molecule has 0 unspecified atom stereocenters. The Morgan fingerprint density at radius 3 is 2.61 bits per heavy atom. The molecule has 0 atom stereocenters. The molecule has 2 aromatic rings. The van der Waals surface area contributed by atoms with Crippen molar-refractivity contribution in [3.63, 3.8) is 0 Å². The molecule has 1 heterocycles. The molecule has 0 aliphatic rings. The highest BCUT2D eigenvalue weighted by molar-refractivity contribution is 8.00. The summed E-state index contributed by atoms with van der Waals surface area (Å²) in [7, 11) is 0. The quantitative estimate of drug-likeness (QED) is 0.671. The topological polar surface area (TPSA) is 23.8 Å². The lowest BCUT2D eigenvalue weighted by Gasteiger charge is -2.05. The second-order valence-electron chi connectivity index (χ2n) is 3.64. The van der Waals surface area contributed by atoms with Crippen LogP contribution in [-0.2, 0) is 0 Å². The number of aryl methyl sites for hydroxylation is 1. The van der Waals surface area contributed by atoms with Crippen molar-refractivity contribution in [2.75, 3.05) is 6.26 Å². The molecule has 0 spiro atoms. The second kappa shape index (κ2) is 5.54. The van der Waals surface area contributed by atoms with Crippen LogP contribution in [0.15, 0.2) is 22.4 Å². The molecule has 1 nitrogen and oxygen atoms in total. The molecular weight excluding hydrogens is 305 g/mol. The maximum Gasteiger partial charge on any atom is 0.102 e. The molecule has 0 N–H and O–H groups in total. The lowest BCUT2D eigenvalue weighted by molar-refractivity contribution is 1.45. The lowest BCUT2D eigenvalue weighted by atomic mass is 10.0. The van der Waals surface area contributed by atoms with E-state index in [1.165, 1.54) is 0 Å². The molecule has 0 radical (unpaired) electrons. The minimum atomic E-state index is 0.576. The fraction of sp³-hybridized carbons (Fsp3) is 0.154. The van der Waals surface area contributed by atoms with Crippen molar-refractivity contribution in [1.29, 1.82) is 5.26 Å². The molecule has 0 aliphatic carbocycles. The molecule has 2 rings (SSSR count). The van der Waals surface area contributed by atoms with Crippen molar-refractivity contribution >= 4 is 46.3 Å². The number of rotatable bonds is 2.